The summed E-state index contributed by atoms with van der Waals surface area (Å²) < 4.78 is 7.31. The summed E-state index contributed by atoms with van der Waals surface area (Å²) in [6.45, 7) is 3.71. The van der Waals surface area contributed by atoms with Crippen molar-refractivity contribution >= 4 is 80.5 Å². The second kappa shape index (κ2) is 11.5. The number of oxazole rings is 1. The van der Waals surface area contributed by atoms with E-state index >= 15 is 0 Å². The van der Waals surface area contributed by atoms with Crippen LogP contribution in [-0.2, 0) is 9.59 Å². The summed E-state index contributed by atoms with van der Waals surface area (Å²) in [4.78, 5) is 29.0. The van der Waals surface area contributed by atoms with Crippen molar-refractivity contribution in [3.05, 3.63) is 46.4 Å². The molecule has 38 heavy (non-hydrogen) atoms. The molecule has 0 aliphatic heterocycles. The number of fused-ring (bicyclic) bond motifs is 1. The van der Waals surface area contributed by atoms with Gasteiger partial charge in [0.2, 0.25) is 17.7 Å². The Bertz CT molecular complexity index is 1630. The molecule has 194 valence electrons. The molecule has 15 heteroatoms. The van der Waals surface area contributed by atoms with Crippen molar-refractivity contribution in [1.29, 1.82) is 0 Å². The van der Waals surface area contributed by atoms with Gasteiger partial charge in [0.1, 0.15) is 21.3 Å². The third kappa shape index (κ3) is 6.48. The quantitative estimate of drug-likeness (QED) is 0.200. The molecule has 0 fully saturated rings. The van der Waals surface area contributed by atoms with E-state index in [4.69, 9.17) is 4.42 Å². The number of rotatable bonds is 9. The SMILES string of the molecule is Cc1nnc(SCC(=O)Nc2ccc(-c3nc4ccc(NC(=O)CSc5nnc(C)s5)cc4o3)c(O)c2)s1. The molecule has 11 nitrogen and oxygen atoms in total. The van der Waals surface area contributed by atoms with Crippen LogP contribution in [0.3, 0.4) is 0 Å². The number of amides is 2. The third-order valence-electron chi connectivity index (χ3n) is 4.85. The van der Waals surface area contributed by atoms with E-state index < -0.39 is 0 Å². The maximum Gasteiger partial charge on any atom is 0.234 e. The molecule has 5 aromatic rings. The molecule has 3 aromatic heterocycles. The predicted octanol–water partition coefficient (Wildman–Crippen LogP) is 4.98. The summed E-state index contributed by atoms with van der Waals surface area (Å²) >= 11 is 5.47. The normalized spacial score (nSPS) is 11.1. The highest BCUT2D eigenvalue weighted by Gasteiger charge is 2.15. The highest BCUT2D eigenvalue weighted by Crippen LogP contribution is 2.34. The van der Waals surface area contributed by atoms with Gasteiger partial charge in [-0.2, -0.15) is 0 Å². The van der Waals surface area contributed by atoms with Gasteiger partial charge in [-0.15, -0.1) is 20.4 Å². The molecule has 0 bridgehead atoms. The molecule has 0 atom stereocenters. The summed E-state index contributed by atoms with van der Waals surface area (Å²) in [5, 5.41) is 33.7. The van der Waals surface area contributed by atoms with Crippen molar-refractivity contribution in [2.45, 2.75) is 22.5 Å². The Morgan fingerprint density at radius 3 is 2.00 bits per heavy atom. The van der Waals surface area contributed by atoms with E-state index in [0.29, 0.717) is 28.0 Å². The third-order valence-corrected chi connectivity index (χ3v) is 8.80. The Hall–Kier alpha value is -3.53. The number of phenols is 1. The highest BCUT2D eigenvalue weighted by molar-refractivity contribution is 8.01. The lowest BCUT2D eigenvalue weighted by molar-refractivity contribution is -0.114. The number of phenolic OH excluding ortho intramolecular Hbond substituents is 1. The predicted molar refractivity (Wildman–Crippen MR) is 149 cm³/mol. The molecule has 5 rings (SSSR count). The first-order chi connectivity index (χ1) is 18.3. The van der Waals surface area contributed by atoms with Crippen LogP contribution >= 0.6 is 46.2 Å². The van der Waals surface area contributed by atoms with Crippen molar-refractivity contribution in [3.8, 4) is 17.2 Å². The maximum atomic E-state index is 12.3. The second-order valence-corrected chi connectivity index (χ2v) is 12.6. The van der Waals surface area contributed by atoms with Crippen LogP contribution < -0.4 is 10.6 Å². The Morgan fingerprint density at radius 1 is 0.868 bits per heavy atom. The van der Waals surface area contributed by atoms with Gasteiger partial charge in [0.25, 0.3) is 0 Å². The van der Waals surface area contributed by atoms with Crippen molar-refractivity contribution < 1.29 is 19.1 Å². The molecule has 0 saturated carbocycles. The average Bonchev–Trinajstić information content (AvgIpc) is 3.61. The van der Waals surface area contributed by atoms with Gasteiger partial charge in [-0.25, -0.2) is 4.98 Å². The Labute approximate surface area is 232 Å². The first-order valence-corrected chi connectivity index (χ1v) is 14.6. The Balaban J connectivity index is 1.21. The van der Waals surface area contributed by atoms with E-state index in [1.807, 2.05) is 13.8 Å². The minimum atomic E-state index is -0.233. The van der Waals surface area contributed by atoms with Crippen LogP contribution in [0, 0.1) is 13.8 Å². The fraction of sp³-hybridized carbons (Fsp3) is 0.174. The number of benzene rings is 2. The van der Waals surface area contributed by atoms with Gasteiger partial charge >= 0.3 is 0 Å². The molecule has 3 N–H and O–H groups in total. The van der Waals surface area contributed by atoms with Crippen molar-refractivity contribution in [3.63, 3.8) is 0 Å². The van der Waals surface area contributed by atoms with Gasteiger partial charge < -0.3 is 20.2 Å². The molecular formula is C23H19N7O4S4. The molecular weight excluding hydrogens is 567 g/mol. The highest BCUT2D eigenvalue weighted by atomic mass is 32.2. The topological polar surface area (TPSA) is 156 Å². The van der Waals surface area contributed by atoms with Crippen molar-refractivity contribution in [1.82, 2.24) is 25.4 Å². The summed E-state index contributed by atoms with van der Waals surface area (Å²) in [7, 11) is 0. The van der Waals surface area contributed by atoms with E-state index in [0.717, 1.165) is 18.7 Å². The zero-order valence-electron chi connectivity index (χ0n) is 19.9. The zero-order valence-corrected chi connectivity index (χ0v) is 23.2. The lowest BCUT2D eigenvalue weighted by Gasteiger charge is -2.07. The zero-order chi connectivity index (χ0) is 26.6. The molecule has 3 heterocycles. The lowest BCUT2D eigenvalue weighted by atomic mass is 10.2. The lowest BCUT2D eigenvalue weighted by Crippen LogP contribution is -2.13. The molecule has 0 radical (unpaired) electrons. The Morgan fingerprint density at radius 2 is 1.45 bits per heavy atom. The largest absolute Gasteiger partial charge is 0.507 e. The number of nitrogens with zero attached hydrogens (tertiary/aromatic N) is 5. The van der Waals surface area contributed by atoms with Gasteiger partial charge in [-0.1, -0.05) is 46.2 Å². The number of aryl methyl sites for hydroxylation is 2. The summed E-state index contributed by atoms with van der Waals surface area (Å²) in [5.41, 5.74) is 2.38. The number of hydrogen-bond donors (Lipinski definition) is 3. The standard InChI is InChI=1S/C23H19N7O4S4/c1-11-27-29-22(37-11)35-9-19(32)24-13-3-5-15(17(31)7-13)21-26-16-6-4-14(8-18(16)34-21)25-20(33)10-36-23-30-28-12(2)38-23/h3-8,31H,9-10H2,1-2H3,(H,24,32)(H,25,33). The first kappa shape index (κ1) is 26.1. The van der Waals surface area contributed by atoms with E-state index in [-0.39, 0.29) is 35.0 Å². The summed E-state index contributed by atoms with van der Waals surface area (Å²) in [5.74, 6) is 0.0625. The van der Waals surface area contributed by atoms with E-state index in [2.05, 4.69) is 36.0 Å². The number of carbonyl (C=O) groups excluding carboxylic acids is 2. The number of anilines is 2. The molecule has 2 amide bonds. The van der Waals surface area contributed by atoms with Gasteiger partial charge in [-0.3, -0.25) is 9.59 Å². The monoisotopic (exact) mass is 585 g/mol. The second-order valence-electron chi connectivity index (χ2n) is 7.78. The summed E-state index contributed by atoms with van der Waals surface area (Å²) in [6.07, 6.45) is 0. The van der Waals surface area contributed by atoms with Crippen LogP contribution in [0.2, 0.25) is 0 Å². The smallest absolute Gasteiger partial charge is 0.234 e. The number of nitrogens with one attached hydrogen (secondary N) is 2. The number of carbonyl (C=O) groups is 2. The first-order valence-electron chi connectivity index (χ1n) is 11.0. The maximum absolute atomic E-state index is 12.3. The molecule has 0 spiro atoms. The number of aromatic hydroxyl groups is 1. The summed E-state index contributed by atoms with van der Waals surface area (Å²) in [6, 6.07) is 9.83. The van der Waals surface area contributed by atoms with E-state index in [9.17, 15) is 14.7 Å². The fourth-order valence-corrected chi connectivity index (χ4v) is 6.46. The van der Waals surface area contributed by atoms with Crippen molar-refractivity contribution in [2.75, 3.05) is 22.1 Å². The fourth-order valence-electron chi connectivity index (χ4n) is 3.23. The van der Waals surface area contributed by atoms with Gasteiger partial charge in [0, 0.05) is 23.5 Å². The molecule has 0 aliphatic rings. The van der Waals surface area contributed by atoms with Crippen LogP contribution in [-0.4, -0.2) is 53.8 Å². The van der Waals surface area contributed by atoms with E-state index in [1.165, 1.54) is 52.3 Å². The minimum absolute atomic E-state index is 0.0979. The molecule has 0 unspecified atom stereocenters. The van der Waals surface area contributed by atoms with E-state index in [1.54, 1.807) is 30.3 Å². The molecule has 0 aliphatic carbocycles. The molecule has 2 aromatic carbocycles. The van der Waals surface area contributed by atoms with Crippen molar-refractivity contribution in [2.24, 2.45) is 0 Å². The Kier molecular flexibility index (Phi) is 7.87. The van der Waals surface area contributed by atoms with Crippen LogP contribution in [0.15, 0.2) is 49.5 Å². The molecule has 0 saturated heterocycles. The van der Waals surface area contributed by atoms with Gasteiger partial charge in [0.05, 0.1) is 17.1 Å². The average molecular weight is 586 g/mol. The van der Waals surface area contributed by atoms with Crippen LogP contribution in [0.25, 0.3) is 22.6 Å². The van der Waals surface area contributed by atoms with Gasteiger partial charge in [0.15, 0.2) is 14.3 Å². The van der Waals surface area contributed by atoms with Crippen LogP contribution in [0.4, 0.5) is 11.4 Å². The number of aromatic nitrogens is 5. The number of hydrogen-bond acceptors (Lipinski definition) is 13. The van der Waals surface area contributed by atoms with Crippen LogP contribution in [0.1, 0.15) is 10.0 Å². The minimum Gasteiger partial charge on any atom is -0.507 e. The number of thioether (sulfide) groups is 2. The van der Waals surface area contributed by atoms with Crippen LogP contribution in [0.5, 0.6) is 5.75 Å². The van der Waals surface area contributed by atoms with Gasteiger partial charge in [-0.05, 0) is 38.1 Å².